The molecule has 0 fully saturated rings. The molecule has 0 atom stereocenters. The lowest BCUT2D eigenvalue weighted by atomic mass is 10.0. The van der Waals surface area contributed by atoms with Gasteiger partial charge in [0, 0.05) is 16.1 Å². The van der Waals surface area contributed by atoms with Crippen molar-refractivity contribution in [1.82, 2.24) is 0 Å². The molecule has 4 aromatic carbocycles. The van der Waals surface area contributed by atoms with Gasteiger partial charge in [0.05, 0.1) is 28.1 Å². The van der Waals surface area contributed by atoms with Crippen LogP contribution in [-0.2, 0) is 9.53 Å². The van der Waals surface area contributed by atoms with Crippen LogP contribution in [0.2, 0.25) is 5.02 Å². The van der Waals surface area contributed by atoms with Gasteiger partial charge in [-0.15, -0.1) is 0 Å². The van der Waals surface area contributed by atoms with Crippen LogP contribution in [0.4, 0.5) is 11.4 Å². The topological polar surface area (TPSA) is 110 Å². The number of hydrogen-bond donors (Lipinski definition) is 1. The van der Waals surface area contributed by atoms with Crippen molar-refractivity contribution in [3.63, 3.8) is 0 Å². The van der Waals surface area contributed by atoms with Gasteiger partial charge in [0.2, 0.25) is 0 Å². The van der Waals surface area contributed by atoms with Gasteiger partial charge in [0.1, 0.15) is 0 Å². The molecule has 0 bridgehead atoms. The number of imide groups is 1. The van der Waals surface area contributed by atoms with Crippen LogP contribution < -0.4 is 10.2 Å². The summed E-state index contributed by atoms with van der Waals surface area (Å²) in [5.41, 5.74) is 3.27. The summed E-state index contributed by atoms with van der Waals surface area (Å²) in [4.78, 5) is 65.6. The number of carbonyl (C=O) groups is 5. The number of nitrogens with one attached hydrogen (secondary N) is 1. The number of nitrogens with zero attached hydrogens (tertiary/aromatic N) is 1. The van der Waals surface area contributed by atoms with Gasteiger partial charge in [-0.1, -0.05) is 59.6 Å². The van der Waals surface area contributed by atoms with Crippen LogP contribution >= 0.6 is 11.6 Å². The Balaban J connectivity index is 1.28. The summed E-state index contributed by atoms with van der Waals surface area (Å²) in [5.74, 6) is -2.92. The summed E-state index contributed by atoms with van der Waals surface area (Å²) < 4.78 is 5.16. The van der Waals surface area contributed by atoms with Crippen molar-refractivity contribution >= 4 is 52.4 Å². The van der Waals surface area contributed by atoms with E-state index in [1.807, 2.05) is 26.0 Å². The Bertz CT molecular complexity index is 1750. The van der Waals surface area contributed by atoms with E-state index in [-0.39, 0.29) is 33.7 Å². The Morgan fingerprint density at radius 1 is 0.805 bits per heavy atom. The Morgan fingerprint density at radius 3 is 2.27 bits per heavy atom. The third-order valence-corrected chi connectivity index (χ3v) is 6.82. The van der Waals surface area contributed by atoms with Crippen molar-refractivity contribution in [2.75, 3.05) is 16.8 Å². The molecule has 204 valence electrons. The molecule has 0 aromatic heterocycles. The van der Waals surface area contributed by atoms with E-state index in [0.29, 0.717) is 16.3 Å². The van der Waals surface area contributed by atoms with Crippen LogP contribution in [0.3, 0.4) is 0 Å². The third kappa shape index (κ3) is 5.50. The highest BCUT2D eigenvalue weighted by molar-refractivity contribution is 6.35. The summed E-state index contributed by atoms with van der Waals surface area (Å²) in [6.07, 6.45) is 0. The second-order valence-electron chi connectivity index (χ2n) is 9.51. The van der Waals surface area contributed by atoms with E-state index in [1.165, 1.54) is 36.4 Å². The zero-order valence-corrected chi connectivity index (χ0v) is 22.8. The number of ether oxygens (including phenoxy) is 1. The Kier molecular flexibility index (Phi) is 7.50. The van der Waals surface area contributed by atoms with E-state index in [9.17, 15) is 24.0 Å². The molecule has 0 saturated carbocycles. The Labute approximate surface area is 240 Å². The molecule has 9 heteroatoms. The molecular formula is C32H23ClN2O6. The molecule has 0 aliphatic carbocycles. The number of rotatable bonds is 7. The van der Waals surface area contributed by atoms with Crippen LogP contribution in [-0.4, -0.2) is 36.1 Å². The van der Waals surface area contributed by atoms with Gasteiger partial charge in [0.15, 0.2) is 12.4 Å². The van der Waals surface area contributed by atoms with E-state index in [2.05, 4.69) is 5.32 Å². The number of carbonyl (C=O) groups excluding carboxylic acids is 5. The lowest BCUT2D eigenvalue weighted by Crippen LogP contribution is -2.30. The normalized spacial score (nSPS) is 12.2. The van der Waals surface area contributed by atoms with E-state index >= 15 is 0 Å². The molecule has 3 amide bonds. The monoisotopic (exact) mass is 566 g/mol. The average Bonchev–Trinajstić information content (AvgIpc) is 3.21. The minimum atomic E-state index is -0.857. The number of anilines is 2. The predicted octanol–water partition coefficient (Wildman–Crippen LogP) is 5.78. The molecule has 4 aromatic rings. The maximum absolute atomic E-state index is 13.2. The second kappa shape index (κ2) is 11.2. The summed E-state index contributed by atoms with van der Waals surface area (Å²) in [7, 11) is 0. The first kappa shape index (κ1) is 27.5. The number of halogens is 1. The molecule has 0 spiro atoms. The van der Waals surface area contributed by atoms with Crippen molar-refractivity contribution < 1.29 is 28.7 Å². The third-order valence-electron chi connectivity index (χ3n) is 6.59. The largest absolute Gasteiger partial charge is 0.452 e. The molecule has 1 aliphatic heterocycles. The smallest absolute Gasteiger partial charge is 0.338 e. The number of ketones is 1. The molecule has 1 N–H and O–H groups in total. The van der Waals surface area contributed by atoms with Gasteiger partial charge < -0.3 is 10.1 Å². The highest BCUT2D eigenvalue weighted by Crippen LogP contribution is 2.32. The van der Waals surface area contributed by atoms with Gasteiger partial charge in [0.25, 0.3) is 17.7 Å². The van der Waals surface area contributed by atoms with Crippen molar-refractivity contribution in [2.24, 2.45) is 0 Å². The Hall–Kier alpha value is -5.08. The first-order chi connectivity index (χ1) is 19.6. The molecule has 8 nitrogen and oxygen atoms in total. The standard InChI is InChI=1S/C32H23ClN2O6/c1-18-8-13-27(19(2)14-18)35-30(38)23-11-9-21(15-24(23)31(35)39)32(40)41-17-28(36)34-26-12-10-22(33)16-25(26)29(37)20-6-4-3-5-7-20/h3-16H,17H2,1-2H3,(H,34,36). The van der Waals surface area contributed by atoms with E-state index in [0.717, 1.165) is 16.0 Å². The molecular weight excluding hydrogens is 544 g/mol. The Morgan fingerprint density at radius 2 is 1.54 bits per heavy atom. The minimum Gasteiger partial charge on any atom is -0.452 e. The maximum atomic E-state index is 13.2. The van der Waals surface area contributed by atoms with E-state index in [4.69, 9.17) is 16.3 Å². The molecule has 41 heavy (non-hydrogen) atoms. The summed E-state index contributed by atoms with van der Waals surface area (Å²) in [5, 5.41) is 2.90. The first-order valence-electron chi connectivity index (χ1n) is 12.6. The molecule has 1 aliphatic rings. The second-order valence-corrected chi connectivity index (χ2v) is 9.94. The fraction of sp³-hybridized carbons (Fsp3) is 0.0938. The first-order valence-corrected chi connectivity index (χ1v) is 13.0. The van der Waals surface area contributed by atoms with Gasteiger partial charge >= 0.3 is 5.97 Å². The quantitative estimate of drug-likeness (QED) is 0.172. The molecule has 0 saturated heterocycles. The van der Waals surface area contributed by atoms with Gasteiger partial charge in [-0.2, -0.15) is 0 Å². The lowest BCUT2D eigenvalue weighted by molar-refractivity contribution is -0.119. The SMILES string of the molecule is Cc1ccc(N2C(=O)c3ccc(C(=O)OCC(=O)Nc4ccc(Cl)cc4C(=O)c4ccccc4)cc3C2=O)c(C)c1. The van der Waals surface area contributed by atoms with Crippen LogP contribution in [0.25, 0.3) is 0 Å². The van der Waals surface area contributed by atoms with Crippen LogP contribution in [0, 0.1) is 13.8 Å². The van der Waals surface area contributed by atoms with E-state index in [1.54, 1.807) is 36.4 Å². The van der Waals surface area contributed by atoms with Crippen molar-refractivity contribution in [1.29, 1.82) is 0 Å². The number of esters is 1. The maximum Gasteiger partial charge on any atom is 0.338 e. The summed E-state index contributed by atoms with van der Waals surface area (Å²) >= 11 is 6.09. The minimum absolute atomic E-state index is 0.00613. The van der Waals surface area contributed by atoms with Crippen LogP contribution in [0.1, 0.15) is 58.1 Å². The number of fused-ring (bicyclic) bond motifs is 1. The van der Waals surface area contributed by atoms with Gasteiger partial charge in [-0.3, -0.25) is 19.2 Å². The fourth-order valence-electron chi connectivity index (χ4n) is 4.60. The zero-order chi connectivity index (χ0) is 29.3. The summed E-state index contributed by atoms with van der Waals surface area (Å²) in [6, 6.07) is 22.4. The van der Waals surface area contributed by atoms with E-state index < -0.39 is 30.3 Å². The highest BCUT2D eigenvalue weighted by atomic mass is 35.5. The number of aryl methyl sites for hydroxylation is 2. The molecule has 0 radical (unpaired) electrons. The number of amides is 3. The number of benzene rings is 4. The molecule has 1 heterocycles. The van der Waals surface area contributed by atoms with Crippen LogP contribution in [0.15, 0.2) is 84.9 Å². The zero-order valence-electron chi connectivity index (χ0n) is 22.1. The molecule has 5 rings (SSSR count). The fourth-order valence-corrected chi connectivity index (χ4v) is 4.77. The number of hydrogen-bond acceptors (Lipinski definition) is 6. The van der Waals surface area contributed by atoms with Crippen molar-refractivity contribution in [2.45, 2.75) is 13.8 Å². The predicted molar refractivity (Wildman–Crippen MR) is 154 cm³/mol. The van der Waals surface area contributed by atoms with Gasteiger partial charge in [-0.25, -0.2) is 9.69 Å². The molecule has 0 unspecified atom stereocenters. The van der Waals surface area contributed by atoms with Crippen molar-refractivity contribution in [3.8, 4) is 0 Å². The summed E-state index contributed by atoms with van der Waals surface area (Å²) in [6.45, 7) is 3.07. The lowest BCUT2D eigenvalue weighted by Gasteiger charge is -2.16. The van der Waals surface area contributed by atoms with Crippen molar-refractivity contribution in [3.05, 3.63) is 129 Å². The van der Waals surface area contributed by atoms with Gasteiger partial charge in [-0.05, 0) is 61.9 Å². The highest BCUT2D eigenvalue weighted by Gasteiger charge is 2.38. The van der Waals surface area contributed by atoms with Crippen LogP contribution in [0.5, 0.6) is 0 Å². The average molecular weight is 567 g/mol.